The number of piperidine rings is 1. The Bertz CT molecular complexity index is 577. The number of carbonyl (C=O) groups is 1. The summed E-state index contributed by atoms with van der Waals surface area (Å²) in [4.78, 5) is 16.9. The number of nitrogens with zero attached hydrogens (tertiary/aromatic N) is 2. The molecule has 136 valence electrons. The third-order valence-electron chi connectivity index (χ3n) is 5.61. The van der Waals surface area contributed by atoms with Crippen LogP contribution in [-0.2, 0) is 16.0 Å². The molecule has 1 atom stereocenters. The lowest BCUT2D eigenvalue weighted by Crippen LogP contribution is -2.46. The van der Waals surface area contributed by atoms with Crippen LogP contribution >= 0.6 is 0 Å². The Morgan fingerprint density at radius 3 is 2.36 bits per heavy atom. The fraction of sp³-hybridized carbons (Fsp3) is 0.650. The third-order valence-corrected chi connectivity index (χ3v) is 5.61. The predicted octanol–water partition coefficient (Wildman–Crippen LogP) is 2.65. The van der Waals surface area contributed by atoms with Gasteiger partial charge in [-0.1, -0.05) is 18.6 Å². The van der Waals surface area contributed by atoms with Gasteiger partial charge in [0.15, 0.2) is 6.29 Å². The van der Waals surface area contributed by atoms with Gasteiger partial charge in [-0.05, 0) is 49.9 Å². The molecule has 3 aliphatic heterocycles. The zero-order valence-corrected chi connectivity index (χ0v) is 14.9. The normalized spacial score (nSPS) is 25.6. The summed E-state index contributed by atoms with van der Waals surface area (Å²) in [5.41, 5.74) is 2.06. The number of amides is 1. The Hall–Kier alpha value is -1.43. The molecular formula is C20H28N2O3. The van der Waals surface area contributed by atoms with Crippen LogP contribution in [0, 0.1) is 0 Å². The number of likely N-dealkylation sites (tertiary alicyclic amines) is 2. The minimum Gasteiger partial charge on any atom is -0.349 e. The summed E-state index contributed by atoms with van der Waals surface area (Å²) < 4.78 is 11.5. The SMILES string of the molecule is O=C(c1ccc(CN2CCCC[C@@H]2C2OCCO2)cc1)N1CCCC1. The predicted molar refractivity (Wildman–Crippen MR) is 95.3 cm³/mol. The van der Waals surface area contributed by atoms with E-state index in [-0.39, 0.29) is 12.2 Å². The molecule has 1 aromatic rings. The third kappa shape index (κ3) is 3.89. The summed E-state index contributed by atoms with van der Waals surface area (Å²) in [6, 6.07) is 8.52. The lowest BCUT2D eigenvalue weighted by atomic mass is 10.00. The molecule has 0 radical (unpaired) electrons. The number of hydrogen-bond donors (Lipinski definition) is 0. The molecule has 5 heteroatoms. The molecule has 0 aromatic heterocycles. The highest BCUT2D eigenvalue weighted by Crippen LogP contribution is 2.26. The fourth-order valence-electron chi connectivity index (χ4n) is 4.21. The summed E-state index contributed by atoms with van der Waals surface area (Å²) in [5, 5.41) is 0. The maximum absolute atomic E-state index is 12.5. The molecule has 0 aliphatic carbocycles. The van der Waals surface area contributed by atoms with Crippen molar-refractivity contribution in [1.82, 2.24) is 9.80 Å². The summed E-state index contributed by atoms with van der Waals surface area (Å²) in [5.74, 6) is 0.174. The average Bonchev–Trinajstić information content (AvgIpc) is 3.36. The number of hydrogen-bond acceptors (Lipinski definition) is 4. The van der Waals surface area contributed by atoms with Gasteiger partial charge in [0, 0.05) is 25.2 Å². The van der Waals surface area contributed by atoms with Crippen LogP contribution in [0.4, 0.5) is 0 Å². The minimum absolute atomic E-state index is 0.0729. The van der Waals surface area contributed by atoms with E-state index in [1.165, 1.54) is 18.4 Å². The van der Waals surface area contributed by atoms with E-state index >= 15 is 0 Å². The standard InChI is InChI=1S/C20H28N2O3/c23-19(21-10-3-4-11-21)17-8-6-16(7-9-17)15-22-12-2-1-5-18(22)20-24-13-14-25-20/h6-9,18,20H,1-5,10-15H2/t18-/m1/s1. The van der Waals surface area contributed by atoms with Gasteiger partial charge in [0.2, 0.25) is 0 Å². The van der Waals surface area contributed by atoms with E-state index in [9.17, 15) is 4.79 Å². The van der Waals surface area contributed by atoms with E-state index in [1.807, 2.05) is 17.0 Å². The first-order valence-electron chi connectivity index (χ1n) is 9.67. The maximum Gasteiger partial charge on any atom is 0.253 e. The van der Waals surface area contributed by atoms with Crippen LogP contribution in [0.3, 0.4) is 0 Å². The van der Waals surface area contributed by atoms with Crippen LogP contribution in [0.1, 0.15) is 48.0 Å². The molecule has 1 amide bonds. The number of rotatable bonds is 4. The van der Waals surface area contributed by atoms with Crippen LogP contribution in [0.25, 0.3) is 0 Å². The summed E-state index contributed by atoms with van der Waals surface area (Å²) in [6.45, 7) is 5.20. The molecule has 3 fully saturated rings. The molecule has 0 N–H and O–H groups in total. The molecule has 5 nitrogen and oxygen atoms in total. The summed E-state index contributed by atoms with van der Waals surface area (Å²) >= 11 is 0. The molecule has 25 heavy (non-hydrogen) atoms. The van der Waals surface area contributed by atoms with E-state index in [0.717, 1.165) is 51.0 Å². The van der Waals surface area contributed by atoms with Gasteiger partial charge in [-0.15, -0.1) is 0 Å². The monoisotopic (exact) mass is 344 g/mol. The Labute approximate surface area is 149 Å². The maximum atomic E-state index is 12.5. The van der Waals surface area contributed by atoms with Gasteiger partial charge >= 0.3 is 0 Å². The van der Waals surface area contributed by atoms with Crippen molar-refractivity contribution in [2.24, 2.45) is 0 Å². The molecule has 4 rings (SSSR count). The van der Waals surface area contributed by atoms with Crippen LogP contribution in [0.5, 0.6) is 0 Å². The highest BCUT2D eigenvalue weighted by atomic mass is 16.7. The second-order valence-electron chi connectivity index (χ2n) is 7.34. The minimum atomic E-state index is -0.0729. The molecule has 0 bridgehead atoms. The van der Waals surface area contributed by atoms with Gasteiger partial charge in [0.1, 0.15) is 0 Å². The van der Waals surface area contributed by atoms with E-state index in [2.05, 4.69) is 17.0 Å². The Kier molecular flexibility index (Phi) is 5.34. The van der Waals surface area contributed by atoms with Crippen molar-refractivity contribution in [1.29, 1.82) is 0 Å². The Morgan fingerprint density at radius 2 is 1.64 bits per heavy atom. The van der Waals surface area contributed by atoms with Crippen LogP contribution < -0.4 is 0 Å². The zero-order chi connectivity index (χ0) is 17.1. The van der Waals surface area contributed by atoms with Crippen LogP contribution in [0.15, 0.2) is 24.3 Å². The van der Waals surface area contributed by atoms with Gasteiger partial charge in [-0.3, -0.25) is 9.69 Å². The summed E-state index contributed by atoms with van der Waals surface area (Å²) in [7, 11) is 0. The number of benzene rings is 1. The van der Waals surface area contributed by atoms with Crippen LogP contribution in [-0.4, -0.2) is 60.9 Å². The highest BCUT2D eigenvalue weighted by molar-refractivity contribution is 5.94. The van der Waals surface area contributed by atoms with Gasteiger partial charge < -0.3 is 14.4 Å². The van der Waals surface area contributed by atoms with Crippen molar-refractivity contribution in [2.75, 3.05) is 32.8 Å². The van der Waals surface area contributed by atoms with Gasteiger partial charge in [-0.25, -0.2) is 0 Å². The second-order valence-corrected chi connectivity index (χ2v) is 7.34. The first kappa shape index (κ1) is 17.0. The molecule has 0 unspecified atom stereocenters. The Morgan fingerprint density at radius 1 is 0.960 bits per heavy atom. The van der Waals surface area contributed by atoms with Crippen molar-refractivity contribution in [3.63, 3.8) is 0 Å². The molecule has 1 aromatic carbocycles. The van der Waals surface area contributed by atoms with Gasteiger partial charge in [0.05, 0.1) is 19.3 Å². The first-order valence-corrected chi connectivity index (χ1v) is 9.67. The van der Waals surface area contributed by atoms with E-state index in [4.69, 9.17) is 9.47 Å². The highest BCUT2D eigenvalue weighted by Gasteiger charge is 2.33. The zero-order valence-electron chi connectivity index (χ0n) is 14.9. The number of ether oxygens (including phenoxy) is 2. The Balaban J connectivity index is 1.40. The van der Waals surface area contributed by atoms with Crippen molar-refractivity contribution < 1.29 is 14.3 Å². The topological polar surface area (TPSA) is 42.0 Å². The van der Waals surface area contributed by atoms with Crippen molar-refractivity contribution in [3.05, 3.63) is 35.4 Å². The van der Waals surface area contributed by atoms with Crippen molar-refractivity contribution >= 4 is 5.91 Å². The smallest absolute Gasteiger partial charge is 0.253 e. The van der Waals surface area contributed by atoms with Crippen LogP contribution in [0.2, 0.25) is 0 Å². The molecular weight excluding hydrogens is 316 g/mol. The lowest BCUT2D eigenvalue weighted by Gasteiger charge is -2.38. The molecule has 0 spiro atoms. The molecule has 0 saturated carbocycles. The molecule has 3 saturated heterocycles. The van der Waals surface area contributed by atoms with E-state index in [0.29, 0.717) is 19.3 Å². The summed E-state index contributed by atoms with van der Waals surface area (Å²) in [6.07, 6.45) is 5.80. The van der Waals surface area contributed by atoms with Crippen molar-refractivity contribution in [2.45, 2.75) is 51.0 Å². The first-order chi connectivity index (χ1) is 12.3. The largest absolute Gasteiger partial charge is 0.349 e. The molecule has 3 heterocycles. The van der Waals surface area contributed by atoms with E-state index < -0.39 is 0 Å². The quantitative estimate of drug-likeness (QED) is 0.842. The average molecular weight is 344 g/mol. The fourth-order valence-corrected chi connectivity index (χ4v) is 4.21. The number of carbonyl (C=O) groups excluding carboxylic acids is 1. The van der Waals surface area contributed by atoms with E-state index in [1.54, 1.807) is 0 Å². The van der Waals surface area contributed by atoms with Gasteiger partial charge in [-0.2, -0.15) is 0 Å². The lowest BCUT2D eigenvalue weighted by molar-refractivity contribution is -0.111. The molecule has 3 aliphatic rings. The second kappa shape index (κ2) is 7.85. The van der Waals surface area contributed by atoms with Gasteiger partial charge in [0.25, 0.3) is 5.91 Å². The van der Waals surface area contributed by atoms with Crippen molar-refractivity contribution in [3.8, 4) is 0 Å².